The molecule has 0 aliphatic carbocycles. The molecular formula is C54H38N2OSi. The molecule has 0 radical (unpaired) electrons. The van der Waals surface area contributed by atoms with E-state index in [-0.39, 0.29) is 0 Å². The van der Waals surface area contributed by atoms with Gasteiger partial charge in [-0.15, -0.1) is 0 Å². The number of anilines is 3. The highest BCUT2D eigenvalue weighted by molar-refractivity contribution is 7.19. The van der Waals surface area contributed by atoms with Gasteiger partial charge in [0.25, 0.3) is 0 Å². The molecule has 0 atom stereocenters. The molecule has 3 nitrogen and oxygen atoms in total. The summed E-state index contributed by atoms with van der Waals surface area (Å²) in [5.74, 6) is 0. The Labute approximate surface area is 338 Å². The predicted molar refractivity (Wildman–Crippen MR) is 246 cm³/mol. The van der Waals surface area contributed by atoms with Crippen LogP contribution in [0.4, 0.5) is 17.1 Å². The van der Waals surface area contributed by atoms with Crippen molar-refractivity contribution in [1.82, 2.24) is 4.57 Å². The van der Waals surface area contributed by atoms with Gasteiger partial charge in [-0.1, -0.05) is 170 Å². The molecule has 11 rings (SSSR count). The summed E-state index contributed by atoms with van der Waals surface area (Å²) in [5, 5.41) is 9.89. The third-order valence-electron chi connectivity index (χ3n) is 11.7. The van der Waals surface area contributed by atoms with Crippen LogP contribution in [0, 0.1) is 0 Å². The second-order valence-corrected chi connectivity index (χ2v) is 18.7. The fourth-order valence-electron chi connectivity index (χ4n) is 9.33. The van der Waals surface area contributed by atoms with Gasteiger partial charge in [0.15, 0.2) is 8.07 Å². The Bertz CT molecular complexity index is 3130. The number of aromatic nitrogens is 1. The first kappa shape index (κ1) is 33.9. The molecule has 0 unspecified atom stereocenters. The van der Waals surface area contributed by atoms with E-state index in [0.717, 1.165) is 50.2 Å². The van der Waals surface area contributed by atoms with Gasteiger partial charge >= 0.3 is 0 Å². The first-order valence-electron chi connectivity index (χ1n) is 19.9. The second-order valence-electron chi connectivity index (χ2n) is 14.8. The minimum Gasteiger partial charge on any atom is -0.456 e. The molecule has 0 spiro atoms. The lowest BCUT2D eigenvalue weighted by Crippen LogP contribution is -2.74. The zero-order chi connectivity index (χ0) is 38.5. The topological polar surface area (TPSA) is 21.3 Å². The molecule has 0 saturated carbocycles. The van der Waals surface area contributed by atoms with E-state index >= 15 is 0 Å². The molecule has 2 aromatic heterocycles. The Hall–Kier alpha value is -7.40. The molecule has 0 aliphatic heterocycles. The van der Waals surface area contributed by atoms with Gasteiger partial charge in [0.2, 0.25) is 0 Å². The summed E-state index contributed by atoms with van der Waals surface area (Å²) >= 11 is 0. The Kier molecular flexibility index (Phi) is 8.16. The molecule has 0 saturated heterocycles. The SMILES string of the molecule is c1ccc(-n2c3ccccc3c3c(N(c4cccc([Si](c5ccccc5)(c5ccccc5)c5ccccc5)c4)c4cccc5oc6ccccc6c45)cccc32)cc1. The Morgan fingerprint density at radius 1 is 0.362 bits per heavy atom. The quantitative estimate of drug-likeness (QED) is 0.114. The first-order valence-corrected chi connectivity index (χ1v) is 21.9. The van der Waals surface area contributed by atoms with E-state index in [0.29, 0.717) is 0 Å². The summed E-state index contributed by atoms with van der Waals surface area (Å²) in [6.45, 7) is 0. The van der Waals surface area contributed by atoms with Crippen LogP contribution in [-0.2, 0) is 0 Å². The van der Waals surface area contributed by atoms with Gasteiger partial charge in [-0.25, -0.2) is 0 Å². The third kappa shape index (κ3) is 5.27. The molecule has 0 fully saturated rings. The van der Waals surface area contributed by atoms with Crippen LogP contribution in [0.25, 0.3) is 49.4 Å². The van der Waals surface area contributed by atoms with E-state index < -0.39 is 8.07 Å². The van der Waals surface area contributed by atoms with Gasteiger partial charge in [-0.2, -0.15) is 0 Å². The van der Waals surface area contributed by atoms with Crippen molar-refractivity contribution in [2.75, 3.05) is 4.90 Å². The number of hydrogen-bond acceptors (Lipinski definition) is 2. The molecular weight excluding hydrogens is 721 g/mol. The van der Waals surface area contributed by atoms with Gasteiger partial charge in [-0.05, 0) is 81.4 Å². The maximum absolute atomic E-state index is 6.56. The zero-order valence-corrected chi connectivity index (χ0v) is 32.7. The van der Waals surface area contributed by atoms with E-state index in [2.05, 4.69) is 234 Å². The highest BCUT2D eigenvalue weighted by Gasteiger charge is 2.41. The van der Waals surface area contributed by atoms with Crippen molar-refractivity contribution < 1.29 is 4.42 Å². The summed E-state index contributed by atoms with van der Waals surface area (Å²) in [7, 11) is -2.85. The van der Waals surface area contributed by atoms with Crippen molar-refractivity contribution in [3.8, 4) is 5.69 Å². The van der Waals surface area contributed by atoms with Gasteiger partial charge in [-0.3, -0.25) is 0 Å². The molecule has 9 aromatic carbocycles. The van der Waals surface area contributed by atoms with Gasteiger partial charge in [0, 0.05) is 27.5 Å². The van der Waals surface area contributed by atoms with Crippen LogP contribution in [0.1, 0.15) is 0 Å². The number of fused-ring (bicyclic) bond motifs is 6. The number of furan rings is 1. The van der Waals surface area contributed by atoms with Crippen LogP contribution in [0.3, 0.4) is 0 Å². The highest BCUT2D eigenvalue weighted by Crippen LogP contribution is 2.47. The smallest absolute Gasteiger partial charge is 0.179 e. The van der Waals surface area contributed by atoms with Gasteiger partial charge < -0.3 is 13.9 Å². The average Bonchev–Trinajstić information content (AvgIpc) is 3.85. The fourth-order valence-corrected chi connectivity index (χ4v) is 14.1. The largest absolute Gasteiger partial charge is 0.456 e. The molecule has 0 amide bonds. The summed E-state index contributed by atoms with van der Waals surface area (Å²) in [5.41, 5.74) is 8.43. The lowest BCUT2D eigenvalue weighted by molar-refractivity contribution is 0.669. The molecule has 58 heavy (non-hydrogen) atoms. The maximum Gasteiger partial charge on any atom is 0.179 e. The molecule has 11 aromatic rings. The minimum atomic E-state index is -2.85. The van der Waals surface area contributed by atoms with E-state index in [1.807, 2.05) is 6.07 Å². The highest BCUT2D eigenvalue weighted by atomic mass is 28.3. The van der Waals surface area contributed by atoms with Crippen molar-refractivity contribution >= 4 is 89.6 Å². The molecule has 0 bridgehead atoms. The van der Waals surface area contributed by atoms with E-state index in [4.69, 9.17) is 4.42 Å². The number of nitrogens with zero attached hydrogens (tertiary/aromatic N) is 2. The monoisotopic (exact) mass is 758 g/mol. The van der Waals surface area contributed by atoms with E-state index in [1.165, 1.54) is 37.0 Å². The van der Waals surface area contributed by atoms with Crippen molar-refractivity contribution in [2.24, 2.45) is 0 Å². The molecule has 0 aliphatic rings. The van der Waals surface area contributed by atoms with Gasteiger partial charge in [0.05, 0.1) is 27.8 Å². The maximum atomic E-state index is 6.56. The Balaban J connectivity index is 1.26. The van der Waals surface area contributed by atoms with Crippen molar-refractivity contribution in [2.45, 2.75) is 0 Å². The van der Waals surface area contributed by atoms with Crippen LogP contribution >= 0.6 is 0 Å². The van der Waals surface area contributed by atoms with Gasteiger partial charge in [0.1, 0.15) is 11.2 Å². The van der Waals surface area contributed by atoms with Crippen LogP contribution < -0.4 is 25.6 Å². The van der Waals surface area contributed by atoms with Crippen LogP contribution in [0.15, 0.2) is 235 Å². The lowest BCUT2D eigenvalue weighted by atomic mass is 10.1. The molecule has 0 N–H and O–H groups in total. The van der Waals surface area contributed by atoms with E-state index in [1.54, 1.807) is 0 Å². The normalized spacial score (nSPS) is 11.8. The minimum absolute atomic E-state index is 0.861. The standard InChI is InChI=1S/C54H38N2OSi/c1-5-20-39(21-6-1)55-47-32-15-13-30-45(47)53-48(55)33-18-34-49(53)56(50-35-19-37-52-54(50)46-31-14-16-36-51(46)57-52)40-22-17-29-44(38-40)58(41-23-7-2-8-24-41,42-25-9-3-10-26-42)43-27-11-4-12-28-43/h1-38H. The zero-order valence-electron chi connectivity index (χ0n) is 31.7. The van der Waals surface area contributed by atoms with Crippen molar-refractivity contribution in [3.63, 3.8) is 0 Å². The van der Waals surface area contributed by atoms with Crippen molar-refractivity contribution in [3.05, 3.63) is 231 Å². The number of hydrogen-bond donors (Lipinski definition) is 0. The van der Waals surface area contributed by atoms with Crippen LogP contribution in [0.5, 0.6) is 0 Å². The summed E-state index contributed by atoms with van der Waals surface area (Å²) < 4.78 is 8.96. The fraction of sp³-hybridized carbons (Fsp3) is 0. The predicted octanol–water partition coefficient (Wildman–Crippen LogP) is 11.5. The first-order chi connectivity index (χ1) is 28.8. The summed E-state index contributed by atoms with van der Waals surface area (Å²) in [4.78, 5) is 2.48. The number of benzene rings is 9. The summed E-state index contributed by atoms with van der Waals surface area (Å²) in [6, 6.07) is 83.9. The molecule has 4 heteroatoms. The Morgan fingerprint density at radius 3 is 1.52 bits per heavy atom. The van der Waals surface area contributed by atoms with Crippen LogP contribution in [-0.4, -0.2) is 12.6 Å². The van der Waals surface area contributed by atoms with E-state index in [9.17, 15) is 0 Å². The third-order valence-corrected chi connectivity index (χ3v) is 16.5. The molecule has 274 valence electrons. The second kappa shape index (κ2) is 14.0. The molecule has 2 heterocycles. The van der Waals surface area contributed by atoms with Crippen LogP contribution in [0.2, 0.25) is 0 Å². The Morgan fingerprint density at radius 2 is 0.845 bits per heavy atom. The average molecular weight is 759 g/mol. The number of rotatable bonds is 8. The lowest BCUT2D eigenvalue weighted by Gasteiger charge is -2.35. The summed E-state index contributed by atoms with van der Waals surface area (Å²) in [6.07, 6.45) is 0. The van der Waals surface area contributed by atoms with Crippen molar-refractivity contribution in [1.29, 1.82) is 0 Å². The number of para-hydroxylation sites is 3.